The number of methoxy groups -OCH3 is 3. The lowest BCUT2D eigenvalue weighted by Crippen LogP contribution is -1.95. The van der Waals surface area contributed by atoms with Gasteiger partial charge in [-0.25, -0.2) is 19.9 Å². The first kappa shape index (κ1) is 59.2. The van der Waals surface area contributed by atoms with E-state index in [-0.39, 0.29) is 0 Å². The summed E-state index contributed by atoms with van der Waals surface area (Å²) in [4.78, 5) is 38.9. The maximum atomic E-state index is 5.82. The van der Waals surface area contributed by atoms with E-state index in [2.05, 4.69) is 174 Å². The Morgan fingerprint density at radius 2 is 0.489 bits per heavy atom. The fraction of sp³-hybridized carbons (Fsp3) is 0.266. The molecule has 11 heteroatoms. The van der Waals surface area contributed by atoms with Crippen LogP contribution in [-0.4, -0.2) is 61.2 Å². The molecule has 13 rings (SSSR count). The first-order valence-corrected chi connectivity index (χ1v) is 32.6. The number of nitrogens with one attached hydrogen (secondary N) is 4. The van der Waals surface area contributed by atoms with Crippen LogP contribution < -0.4 is 14.2 Å². The summed E-state index contributed by atoms with van der Waals surface area (Å²) in [5.74, 6) is 2.31. The Bertz CT molecular complexity index is 4550. The second-order valence-electron chi connectivity index (χ2n) is 23.9. The van der Waals surface area contributed by atoms with Crippen molar-refractivity contribution in [2.24, 2.45) is 0 Å². The zero-order chi connectivity index (χ0) is 61.5. The summed E-state index contributed by atoms with van der Waals surface area (Å²) in [6.07, 6.45) is 34.1. The molecule has 0 spiro atoms. The van der Waals surface area contributed by atoms with Crippen molar-refractivity contribution in [2.45, 2.75) is 117 Å². The van der Waals surface area contributed by atoms with Gasteiger partial charge in [-0.3, -0.25) is 0 Å². The number of H-pyrrole nitrogens is 4. The van der Waals surface area contributed by atoms with Gasteiger partial charge < -0.3 is 34.1 Å². The van der Waals surface area contributed by atoms with Crippen LogP contribution in [0.1, 0.15) is 160 Å². The second-order valence-corrected chi connectivity index (χ2v) is 23.9. The van der Waals surface area contributed by atoms with Crippen LogP contribution >= 0.6 is 0 Å². The number of ether oxygens (including phenoxy) is 3. The molecule has 0 unspecified atom stereocenters. The molecule has 0 aliphatic carbocycles. The van der Waals surface area contributed by atoms with E-state index in [1.807, 2.05) is 36.4 Å². The van der Waals surface area contributed by atoms with E-state index in [0.717, 1.165) is 216 Å². The highest BCUT2D eigenvalue weighted by Crippen LogP contribution is 2.42. The number of unbranched alkanes of at least 4 members (excludes halogenated alkanes) is 9. The van der Waals surface area contributed by atoms with Crippen molar-refractivity contribution in [1.29, 1.82) is 0 Å². The van der Waals surface area contributed by atoms with E-state index >= 15 is 0 Å². The molecule has 10 heterocycles. The van der Waals surface area contributed by atoms with Gasteiger partial charge in [-0.05, 0) is 189 Å². The molecular formula is C79H80N8O3. The largest absolute Gasteiger partial charge is 0.497 e. The van der Waals surface area contributed by atoms with Crippen LogP contribution in [0.4, 0.5) is 0 Å². The predicted octanol–water partition coefficient (Wildman–Crippen LogP) is 20.7. The van der Waals surface area contributed by atoms with Gasteiger partial charge in [-0.1, -0.05) is 115 Å². The van der Waals surface area contributed by atoms with Gasteiger partial charge >= 0.3 is 0 Å². The number of aromatic amines is 4. The molecule has 4 N–H and O–H groups in total. The van der Waals surface area contributed by atoms with E-state index in [1.54, 1.807) is 21.3 Å². The molecule has 0 saturated heterocycles. The van der Waals surface area contributed by atoms with E-state index in [9.17, 15) is 0 Å². The first-order valence-electron chi connectivity index (χ1n) is 32.6. The minimum absolute atomic E-state index is 0.770. The molecule has 3 aromatic carbocycles. The van der Waals surface area contributed by atoms with Crippen molar-refractivity contribution in [3.05, 3.63) is 184 Å². The van der Waals surface area contributed by atoms with Gasteiger partial charge in [0.2, 0.25) is 0 Å². The topological polar surface area (TPSA) is 142 Å². The van der Waals surface area contributed by atoms with Crippen LogP contribution in [0.5, 0.6) is 17.2 Å². The molecule has 16 bridgehead atoms. The van der Waals surface area contributed by atoms with Crippen molar-refractivity contribution in [3.63, 3.8) is 0 Å². The monoisotopic (exact) mass is 1190 g/mol. The maximum Gasteiger partial charge on any atom is 0.118 e. The number of fused-ring (bicyclic) bond motifs is 16. The smallest absolute Gasteiger partial charge is 0.118 e. The third-order valence-electron chi connectivity index (χ3n) is 18.1. The van der Waals surface area contributed by atoms with Crippen molar-refractivity contribution in [2.75, 3.05) is 21.3 Å². The Morgan fingerprint density at radius 3 is 0.789 bits per heavy atom. The van der Waals surface area contributed by atoms with Crippen LogP contribution in [0.15, 0.2) is 121 Å². The van der Waals surface area contributed by atoms with Gasteiger partial charge in [0, 0.05) is 88.6 Å². The zero-order valence-electron chi connectivity index (χ0n) is 52.8. The van der Waals surface area contributed by atoms with Gasteiger partial charge in [0.1, 0.15) is 17.2 Å². The summed E-state index contributed by atoms with van der Waals surface area (Å²) in [7, 11) is 5.10. The van der Waals surface area contributed by atoms with Gasteiger partial charge in [0.15, 0.2) is 0 Å². The Balaban J connectivity index is 1.17. The van der Waals surface area contributed by atoms with Crippen LogP contribution in [0.25, 0.3) is 137 Å². The molecule has 4 aliphatic rings. The second kappa shape index (κ2) is 26.9. The first-order chi connectivity index (χ1) is 44.3. The number of rotatable bonds is 22. The average Bonchev–Trinajstić information content (AvgIpc) is 1.87. The number of aromatic nitrogens is 8. The number of nitrogens with zero attached hydrogens (tertiary/aromatic N) is 4. The number of aryl methyl sites for hydroxylation is 3. The molecule has 4 aliphatic heterocycles. The lowest BCUT2D eigenvalue weighted by molar-refractivity contribution is 0.415. The number of hydrogen-bond donors (Lipinski definition) is 4. The summed E-state index contributed by atoms with van der Waals surface area (Å²) in [5.41, 5.74) is 26.1. The Morgan fingerprint density at radius 1 is 0.256 bits per heavy atom. The molecule has 0 saturated carbocycles. The van der Waals surface area contributed by atoms with Gasteiger partial charge in [0.25, 0.3) is 0 Å². The van der Waals surface area contributed by atoms with Crippen molar-refractivity contribution in [1.82, 2.24) is 39.9 Å². The fourth-order valence-electron chi connectivity index (χ4n) is 13.3. The summed E-state index contributed by atoms with van der Waals surface area (Å²) in [5, 5.41) is 0. The SMILES string of the molecule is CCCCCCc1c2nc(c(CCCCCC)c3ccc([nH]3)c(-c3c4nc(c(-c5ccc(OC)cc5)c5ccc([nH]5)c(-c5ccc(OC)cc5)c5nc(c(-c6ccc(OC)cc6)c6ccc3[nH]6)C=C5)C=C4)c3nc(c(CCCCCC)c4ccc1[nH]4)C=C3)C=C2. The Kier molecular flexibility index (Phi) is 17.7. The van der Waals surface area contributed by atoms with Crippen LogP contribution in [0.2, 0.25) is 0 Å². The molecule has 0 amide bonds. The fourth-order valence-corrected chi connectivity index (χ4v) is 13.3. The normalized spacial score (nSPS) is 12.4. The third kappa shape index (κ3) is 12.1. The van der Waals surface area contributed by atoms with Crippen LogP contribution in [-0.2, 0) is 19.3 Å². The van der Waals surface area contributed by atoms with E-state index in [0.29, 0.717) is 0 Å². The van der Waals surface area contributed by atoms with Crippen molar-refractivity contribution in [3.8, 4) is 61.8 Å². The summed E-state index contributed by atoms with van der Waals surface area (Å²) < 4.78 is 17.1. The number of hydrogen-bond acceptors (Lipinski definition) is 7. The highest BCUT2D eigenvalue weighted by molar-refractivity contribution is 6.04. The van der Waals surface area contributed by atoms with E-state index in [1.165, 1.54) is 48.8 Å². The highest BCUT2D eigenvalue weighted by Gasteiger charge is 2.24. The molecule has 0 atom stereocenters. The maximum absolute atomic E-state index is 5.82. The van der Waals surface area contributed by atoms with Crippen molar-refractivity contribution < 1.29 is 14.2 Å². The average molecular weight is 1190 g/mol. The molecule has 0 fully saturated rings. The van der Waals surface area contributed by atoms with Crippen molar-refractivity contribution >= 4 is 92.7 Å². The van der Waals surface area contributed by atoms with E-state index < -0.39 is 0 Å². The summed E-state index contributed by atoms with van der Waals surface area (Å²) >= 11 is 0. The minimum atomic E-state index is 0.770. The molecular weight excluding hydrogens is 1110 g/mol. The standard InChI is InChI=1S/C79H80N8O3/c1-7-10-13-16-19-56-59-34-36-61(80-59)57(20-17-14-11-8-2)63-38-40-71(82-63)78(72-41-39-64(83-72)58(21-18-15-12-9-3)62-37-35-60(56)81-62)79-73-48-46-69(86-73)76(51-24-30-54(89-5)31-25-51)67-44-42-65(84-67)75(50-22-28-53(88-4)29-23-50)66-43-45-68(85-66)77(70-47-49-74(79)87-70)52-26-32-55(90-6)33-27-52/h22-49,80,83-84,87H,7-21H2,1-6H3. The quantitative estimate of drug-likeness (QED) is 0.0495. The highest BCUT2D eigenvalue weighted by atomic mass is 16.5. The molecule has 0 radical (unpaired) electrons. The van der Waals surface area contributed by atoms with Gasteiger partial charge in [-0.15, -0.1) is 0 Å². The van der Waals surface area contributed by atoms with Gasteiger partial charge in [0.05, 0.1) is 66.9 Å². The molecule has 11 nitrogen and oxygen atoms in total. The molecule has 90 heavy (non-hydrogen) atoms. The lowest BCUT2D eigenvalue weighted by atomic mass is 10.0. The molecule has 9 aromatic rings. The van der Waals surface area contributed by atoms with Crippen LogP contribution in [0, 0.1) is 0 Å². The number of benzene rings is 3. The molecule has 6 aromatic heterocycles. The van der Waals surface area contributed by atoms with E-state index in [4.69, 9.17) is 34.1 Å². The van der Waals surface area contributed by atoms with Crippen LogP contribution in [0.3, 0.4) is 0 Å². The Labute approximate surface area is 527 Å². The lowest BCUT2D eigenvalue weighted by Gasteiger charge is -2.09. The summed E-state index contributed by atoms with van der Waals surface area (Å²) in [6.45, 7) is 6.84. The predicted molar refractivity (Wildman–Crippen MR) is 376 cm³/mol. The molecule has 454 valence electrons. The third-order valence-corrected chi connectivity index (χ3v) is 18.1. The Hall–Kier alpha value is -9.74. The van der Waals surface area contributed by atoms with Gasteiger partial charge in [-0.2, -0.15) is 0 Å². The zero-order valence-corrected chi connectivity index (χ0v) is 52.8. The summed E-state index contributed by atoms with van der Waals surface area (Å²) in [6, 6.07) is 42.5. The minimum Gasteiger partial charge on any atom is -0.497 e.